The Morgan fingerprint density at radius 1 is 1.31 bits per heavy atom. The van der Waals surface area contributed by atoms with Crippen molar-refractivity contribution in [2.45, 2.75) is 12.5 Å². The van der Waals surface area contributed by atoms with Gasteiger partial charge in [0.05, 0.1) is 13.7 Å². The molecule has 0 saturated carbocycles. The lowest BCUT2D eigenvalue weighted by Crippen LogP contribution is -2.11. The second-order valence-corrected chi connectivity index (χ2v) is 3.22. The van der Waals surface area contributed by atoms with Gasteiger partial charge in [0.1, 0.15) is 18.5 Å². The number of halogens is 2. The molecule has 1 atom stereocenters. The summed E-state index contributed by atoms with van der Waals surface area (Å²) >= 11 is 0. The Balaban J connectivity index is 2.48. The first-order valence-corrected chi connectivity index (χ1v) is 4.81. The van der Waals surface area contributed by atoms with Crippen LogP contribution in [-0.2, 0) is 4.74 Å². The second kappa shape index (κ2) is 6.40. The molecule has 0 saturated heterocycles. The topological polar surface area (TPSA) is 38.7 Å². The van der Waals surface area contributed by atoms with E-state index in [2.05, 4.69) is 4.74 Å². The fourth-order valence-electron chi connectivity index (χ4n) is 1.21. The van der Waals surface area contributed by atoms with Crippen molar-refractivity contribution in [3.63, 3.8) is 0 Å². The highest BCUT2D eigenvalue weighted by Crippen LogP contribution is 2.19. The van der Waals surface area contributed by atoms with Crippen LogP contribution >= 0.6 is 0 Å². The van der Waals surface area contributed by atoms with Gasteiger partial charge >= 0.3 is 0 Å². The predicted octanol–water partition coefficient (Wildman–Crippen LogP) is 2.01. The molecule has 1 aromatic rings. The van der Waals surface area contributed by atoms with Gasteiger partial charge in [-0.25, -0.2) is 8.78 Å². The molecule has 0 radical (unpaired) electrons. The van der Waals surface area contributed by atoms with Crippen LogP contribution < -0.4 is 4.74 Å². The first-order chi connectivity index (χ1) is 7.63. The summed E-state index contributed by atoms with van der Waals surface area (Å²) in [7, 11) is 1.51. The lowest BCUT2D eigenvalue weighted by atomic mass is 10.1. The molecule has 90 valence electrons. The molecule has 0 fully saturated rings. The molecule has 1 N–H and O–H groups in total. The minimum Gasteiger partial charge on any atom is -0.497 e. The monoisotopic (exact) mass is 232 g/mol. The summed E-state index contributed by atoms with van der Waals surface area (Å²) in [6.45, 7) is -0.821. The van der Waals surface area contributed by atoms with E-state index in [4.69, 9.17) is 4.74 Å². The summed E-state index contributed by atoms with van der Waals surface area (Å²) in [6.07, 6.45) is -3.44. The van der Waals surface area contributed by atoms with Gasteiger partial charge in [0.2, 0.25) is 0 Å². The number of ether oxygens (including phenoxy) is 2. The van der Waals surface area contributed by atoms with Crippen LogP contribution in [0, 0.1) is 0 Å². The van der Waals surface area contributed by atoms with Crippen LogP contribution in [0.1, 0.15) is 11.7 Å². The molecule has 0 aliphatic rings. The largest absolute Gasteiger partial charge is 0.497 e. The van der Waals surface area contributed by atoms with Crippen LogP contribution in [0.2, 0.25) is 0 Å². The molecule has 0 aliphatic heterocycles. The molecule has 0 aromatic heterocycles. The van der Waals surface area contributed by atoms with Crippen LogP contribution in [0.3, 0.4) is 0 Å². The van der Waals surface area contributed by atoms with E-state index in [1.165, 1.54) is 7.11 Å². The molecule has 1 unspecified atom stereocenters. The summed E-state index contributed by atoms with van der Waals surface area (Å²) in [5.74, 6) is 0.602. The van der Waals surface area contributed by atoms with Gasteiger partial charge in [-0.05, 0) is 17.7 Å². The normalized spacial score (nSPS) is 12.8. The van der Waals surface area contributed by atoms with Crippen LogP contribution in [0.25, 0.3) is 0 Å². The molecule has 0 amide bonds. The number of hydrogen-bond donors (Lipinski definition) is 1. The van der Waals surface area contributed by atoms with Crippen molar-refractivity contribution in [3.8, 4) is 5.75 Å². The summed E-state index contributed by atoms with van der Waals surface area (Å²) in [5, 5.41) is 9.63. The number of alkyl halides is 2. The molecular weight excluding hydrogens is 218 g/mol. The van der Waals surface area contributed by atoms with E-state index in [-0.39, 0.29) is 6.61 Å². The minimum atomic E-state index is -2.52. The summed E-state index contributed by atoms with van der Waals surface area (Å²) in [5.41, 5.74) is 0.577. The van der Waals surface area contributed by atoms with E-state index >= 15 is 0 Å². The first-order valence-electron chi connectivity index (χ1n) is 4.81. The van der Waals surface area contributed by atoms with Gasteiger partial charge in [-0.15, -0.1) is 0 Å². The number of benzene rings is 1. The molecule has 0 heterocycles. The van der Waals surface area contributed by atoms with E-state index in [1.807, 2.05) is 0 Å². The lowest BCUT2D eigenvalue weighted by Gasteiger charge is -2.12. The van der Waals surface area contributed by atoms with Gasteiger partial charge in [-0.1, -0.05) is 12.1 Å². The van der Waals surface area contributed by atoms with Crippen LogP contribution in [0.4, 0.5) is 8.78 Å². The maximum atomic E-state index is 11.8. The molecule has 1 aromatic carbocycles. The highest BCUT2D eigenvalue weighted by Gasteiger charge is 2.10. The zero-order chi connectivity index (χ0) is 12.0. The number of aliphatic hydroxyl groups is 1. The fraction of sp³-hybridized carbons (Fsp3) is 0.455. The summed E-state index contributed by atoms with van der Waals surface area (Å²) in [4.78, 5) is 0. The molecule has 0 aliphatic carbocycles. The van der Waals surface area contributed by atoms with Crippen molar-refractivity contribution < 1.29 is 23.4 Å². The van der Waals surface area contributed by atoms with Gasteiger partial charge in [0, 0.05) is 0 Å². The summed E-state index contributed by atoms with van der Waals surface area (Å²) < 4.78 is 33.2. The Morgan fingerprint density at radius 2 is 2.06 bits per heavy atom. The molecule has 16 heavy (non-hydrogen) atoms. The van der Waals surface area contributed by atoms with E-state index in [1.54, 1.807) is 24.3 Å². The Morgan fingerprint density at radius 3 is 2.69 bits per heavy atom. The van der Waals surface area contributed by atoms with Crippen LogP contribution in [0.15, 0.2) is 24.3 Å². The molecule has 3 nitrogen and oxygen atoms in total. The van der Waals surface area contributed by atoms with Gasteiger partial charge in [0.25, 0.3) is 6.43 Å². The average Bonchev–Trinajstić information content (AvgIpc) is 2.28. The zero-order valence-electron chi connectivity index (χ0n) is 8.90. The Labute approximate surface area is 92.6 Å². The number of methoxy groups -OCH3 is 1. The first kappa shape index (κ1) is 12.9. The van der Waals surface area contributed by atoms with E-state index in [0.717, 1.165) is 0 Å². The highest BCUT2D eigenvalue weighted by molar-refractivity contribution is 5.29. The van der Waals surface area contributed by atoms with Gasteiger partial charge < -0.3 is 14.6 Å². The molecule has 0 bridgehead atoms. The standard InChI is InChI=1S/C11H14F2O3/c1-15-9-4-2-3-8(5-9)10(14)6-16-7-11(12)13/h2-5,10-11,14H,6-7H2,1H3. The van der Waals surface area contributed by atoms with E-state index < -0.39 is 19.1 Å². The SMILES string of the molecule is COc1cccc(C(O)COCC(F)F)c1. The fourth-order valence-corrected chi connectivity index (χ4v) is 1.21. The molecule has 5 heteroatoms. The molecule has 1 rings (SSSR count). The number of aliphatic hydroxyl groups excluding tert-OH is 1. The zero-order valence-corrected chi connectivity index (χ0v) is 8.90. The number of hydrogen-bond acceptors (Lipinski definition) is 3. The highest BCUT2D eigenvalue weighted by atomic mass is 19.3. The van der Waals surface area contributed by atoms with Crippen molar-refractivity contribution in [2.24, 2.45) is 0 Å². The van der Waals surface area contributed by atoms with Crippen molar-refractivity contribution >= 4 is 0 Å². The van der Waals surface area contributed by atoms with Crippen LogP contribution in [0.5, 0.6) is 5.75 Å². The van der Waals surface area contributed by atoms with Crippen LogP contribution in [-0.4, -0.2) is 31.9 Å². The number of rotatable bonds is 6. The quantitative estimate of drug-likeness (QED) is 0.815. The third kappa shape index (κ3) is 4.12. The Bertz CT molecular complexity index is 318. The second-order valence-electron chi connectivity index (χ2n) is 3.22. The lowest BCUT2D eigenvalue weighted by molar-refractivity contribution is -0.0204. The van der Waals surface area contributed by atoms with E-state index in [0.29, 0.717) is 11.3 Å². The third-order valence-electron chi connectivity index (χ3n) is 2.00. The smallest absolute Gasteiger partial charge is 0.261 e. The van der Waals surface area contributed by atoms with Crippen molar-refractivity contribution in [2.75, 3.05) is 20.3 Å². The van der Waals surface area contributed by atoms with Gasteiger partial charge in [-0.2, -0.15) is 0 Å². The van der Waals surface area contributed by atoms with E-state index in [9.17, 15) is 13.9 Å². The third-order valence-corrected chi connectivity index (χ3v) is 2.00. The van der Waals surface area contributed by atoms with Crippen molar-refractivity contribution in [1.82, 2.24) is 0 Å². The maximum absolute atomic E-state index is 11.8. The van der Waals surface area contributed by atoms with Crippen molar-refractivity contribution in [1.29, 1.82) is 0 Å². The van der Waals surface area contributed by atoms with Gasteiger partial charge in [0.15, 0.2) is 0 Å². The molecule has 0 spiro atoms. The Kier molecular flexibility index (Phi) is 5.14. The molecular formula is C11H14F2O3. The van der Waals surface area contributed by atoms with Gasteiger partial charge in [-0.3, -0.25) is 0 Å². The average molecular weight is 232 g/mol. The predicted molar refractivity (Wildman–Crippen MR) is 54.8 cm³/mol. The Hall–Kier alpha value is -1.20. The van der Waals surface area contributed by atoms with Crippen molar-refractivity contribution in [3.05, 3.63) is 29.8 Å². The minimum absolute atomic E-state index is 0.155. The summed E-state index contributed by atoms with van der Waals surface area (Å²) in [6, 6.07) is 6.76. The maximum Gasteiger partial charge on any atom is 0.261 e.